The molecule has 1 fully saturated rings. The molecular formula is C17H28N2O2. The van der Waals surface area contributed by atoms with Crippen LogP contribution in [0, 0.1) is 11.8 Å². The normalized spacial score (nSPS) is 20.5. The molecule has 0 aliphatic carbocycles. The standard InChI is InChI=1S/C17H28N2O2/c1-13(10-18)8-15-6-7-19(12-15)11-14-4-5-16(20-2)17(9-14)21-3/h4-5,9,13,15H,6-8,10-12,18H2,1-3H3. The van der Waals surface area contributed by atoms with Crippen molar-refractivity contribution in [1.82, 2.24) is 4.90 Å². The predicted molar refractivity (Wildman–Crippen MR) is 85.8 cm³/mol. The first-order valence-electron chi connectivity index (χ1n) is 7.79. The Hall–Kier alpha value is -1.26. The van der Waals surface area contributed by atoms with Crippen LogP contribution in [0.1, 0.15) is 25.3 Å². The van der Waals surface area contributed by atoms with Crippen molar-refractivity contribution in [2.75, 3.05) is 33.9 Å². The molecule has 2 N–H and O–H groups in total. The average Bonchev–Trinajstić information content (AvgIpc) is 2.93. The molecule has 2 atom stereocenters. The maximum absolute atomic E-state index is 5.73. The number of hydrogen-bond donors (Lipinski definition) is 1. The highest BCUT2D eigenvalue weighted by Crippen LogP contribution is 2.29. The van der Waals surface area contributed by atoms with E-state index in [1.54, 1.807) is 14.2 Å². The third kappa shape index (κ3) is 4.35. The van der Waals surface area contributed by atoms with Gasteiger partial charge in [0.25, 0.3) is 0 Å². The summed E-state index contributed by atoms with van der Waals surface area (Å²) in [5.74, 6) is 3.03. The zero-order valence-electron chi connectivity index (χ0n) is 13.5. The van der Waals surface area contributed by atoms with Crippen molar-refractivity contribution < 1.29 is 9.47 Å². The minimum atomic E-state index is 0.635. The highest BCUT2D eigenvalue weighted by atomic mass is 16.5. The third-order valence-electron chi connectivity index (χ3n) is 4.36. The first-order valence-corrected chi connectivity index (χ1v) is 7.79. The molecule has 0 bridgehead atoms. The van der Waals surface area contributed by atoms with Gasteiger partial charge in [0.1, 0.15) is 0 Å². The van der Waals surface area contributed by atoms with E-state index in [0.29, 0.717) is 5.92 Å². The molecule has 2 unspecified atom stereocenters. The lowest BCUT2D eigenvalue weighted by Gasteiger charge is -2.18. The molecule has 0 spiro atoms. The predicted octanol–water partition coefficient (Wildman–Crippen LogP) is 2.51. The van der Waals surface area contributed by atoms with Gasteiger partial charge in [-0.05, 0) is 55.5 Å². The molecule has 2 rings (SSSR count). The van der Waals surface area contributed by atoms with E-state index >= 15 is 0 Å². The Labute approximate surface area is 128 Å². The number of hydrogen-bond acceptors (Lipinski definition) is 4. The molecule has 1 aromatic rings. The summed E-state index contributed by atoms with van der Waals surface area (Å²) in [6.45, 7) is 6.38. The van der Waals surface area contributed by atoms with E-state index in [2.05, 4.69) is 24.0 Å². The van der Waals surface area contributed by atoms with Crippen molar-refractivity contribution in [3.63, 3.8) is 0 Å². The largest absolute Gasteiger partial charge is 0.493 e. The highest BCUT2D eigenvalue weighted by molar-refractivity contribution is 5.42. The van der Waals surface area contributed by atoms with Crippen LogP contribution < -0.4 is 15.2 Å². The fourth-order valence-electron chi connectivity index (χ4n) is 3.15. The molecule has 0 radical (unpaired) electrons. The van der Waals surface area contributed by atoms with Crippen LogP contribution in [-0.4, -0.2) is 38.8 Å². The van der Waals surface area contributed by atoms with Crippen LogP contribution in [-0.2, 0) is 6.54 Å². The van der Waals surface area contributed by atoms with Crippen molar-refractivity contribution in [3.8, 4) is 11.5 Å². The molecule has 0 aromatic heterocycles. The Morgan fingerprint density at radius 1 is 1.29 bits per heavy atom. The minimum Gasteiger partial charge on any atom is -0.493 e. The average molecular weight is 292 g/mol. The summed E-state index contributed by atoms with van der Waals surface area (Å²) >= 11 is 0. The maximum Gasteiger partial charge on any atom is 0.161 e. The zero-order chi connectivity index (χ0) is 15.2. The molecule has 1 aliphatic heterocycles. The second kappa shape index (κ2) is 7.66. The van der Waals surface area contributed by atoms with E-state index in [0.717, 1.165) is 30.5 Å². The molecule has 1 saturated heterocycles. The summed E-state index contributed by atoms with van der Waals surface area (Å²) in [5, 5.41) is 0. The van der Waals surface area contributed by atoms with Gasteiger partial charge in [0.15, 0.2) is 11.5 Å². The van der Waals surface area contributed by atoms with Crippen molar-refractivity contribution in [1.29, 1.82) is 0 Å². The second-order valence-electron chi connectivity index (χ2n) is 6.16. The summed E-state index contributed by atoms with van der Waals surface area (Å²) in [6, 6.07) is 6.18. The molecule has 1 aliphatic rings. The smallest absolute Gasteiger partial charge is 0.161 e. The van der Waals surface area contributed by atoms with Gasteiger partial charge in [-0.2, -0.15) is 0 Å². The van der Waals surface area contributed by atoms with E-state index in [1.165, 1.54) is 31.5 Å². The van der Waals surface area contributed by atoms with Crippen LogP contribution in [0.5, 0.6) is 11.5 Å². The number of rotatable bonds is 7. The van der Waals surface area contributed by atoms with Gasteiger partial charge >= 0.3 is 0 Å². The van der Waals surface area contributed by atoms with Crippen LogP contribution in [0.3, 0.4) is 0 Å². The molecule has 21 heavy (non-hydrogen) atoms. The lowest BCUT2D eigenvalue weighted by molar-refractivity contribution is 0.302. The maximum atomic E-state index is 5.73. The fourth-order valence-corrected chi connectivity index (χ4v) is 3.15. The van der Waals surface area contributed by atoms with E-state index in [-0.39, 0.29) is 0 Å². The molecule has 1 heterocycles. The summed E-state index contributed by atoms with van der Waals surface area (Å²) in [6.07, 6.45) is 2.54. The number of benzene rings is 1. The minimum absolute atomic E-state index is 0.635. The lowest BCUT2D eigenvalue weighted by atomic mass is 9.95. The lowest BCUT2D eigenvalue weighted by Crippen LogP contribution is -2.21. The number of ether oxygens (including phenoxy) is 2. The van der Waals surface area contributed by atoms with E-state index in [1.807, 2.05) is 6.07 Å². The van der Waals surface area contributed by atoms with Gasteiger partial charge in [-0.25, -0.2) is 0 Å². The molecule has 0 amide bonds. The van der Waals surface area contributed by atoms with Crippen molar-refractivity contribution in [2.24, 2.45) is 17.6 Å². The van der Waals surface area contributed by atoms with E-state index < -0.39 is 0 Å². The van der Waals surface area contributed by atoms with Gasteiger partial charge < -0.3 is 15.2 Å². The van der Waals surface area contributed by atoms with Crippen LogP contribution in [0.2, 0.25) is 0 Å². The SMILES string of the molecule is COc1ccc(CN2CCC(CC(C)CN)C2)cc1OC. The first-order chi connectivity index (χ1) is 10.2. The summed E-state index contributed by atoms with van der Waals surface area (Å²) < 4.78 is 10.7. The zero-order valence-corrected chi connectivity index (χ0v) is 13.5. The summed E-state index contributed by atoms with van der Waals surface area (Å²) in [4.78, 5) is 2.52. The summed E-state index contributed by atoms with van der Waals surface area (Å²) in [5.41, 5.74) is 7.01. The number of nitrogens with zero attached hydrogens (tertiary/aromatic N) is 1. The molecular weight excluding hydrogens is 264 g/mol. The Morgan fingerprint density at radius 2 is 2.05 bits per heavy atom. The van der Waals surface area contributed by atoms with Crippen molar-refractivity contribution >= 4 is 0 Å². The molecule has 1 aromatic carbocycles. The van der Waals surface area contributed by atoms with Gasteiger partial charge in [0.05, 0.1) is 14.2 Å². The van der Waals surface area contributed by atoms with Crippen molar-refractivity contribution in [3.05, 3.63) is 23.8 Å². The Balaban J connectivity index is 1.91. The summed E-state index contributed by atoms with van der Waals surface area (Å²) in [7, 11) is 3.35. The Kier molecular flexibility index (Phi) is 5.88. The van der Waals surface area contributed by atoms with E-state index in [4.69, 9.17) is 15.2 Å². The topological polar surface area (TPSA) is 47.7 Å². The second-order valence-corrected chi connectivity index (χ2v) is 6.16. The van der Waals surface area contributed by atoms with Crippen LogP contribution >= 0.6 is 0 Å². The number of likely N-dealkylation sites (tertiary alicyclic amines) is 1. The van der Waals surface area contributed by atoms with Gasteiger partial charge in [0, 0.05) is 13.1 Å². The van der Waals surface area contributed by atoms with E-state index in [9.17, 15) is 0 Å². The molecule has 4 heteroatoms. The van der Waals surface area contributed by atoms with Gasteiger partial charge in [0.2, 0.25) is 0 Å². The van der Waals surface area contributed by atoms with Crippen molar-refractivity contribution in [2.45, 2.75) is 26.3 Å². The highest BCUT2D eigenvalue weighted by Gasteiger charge is 2.23. The molecule has 118 valence electrons. The third-order valence-corrected chi connectivity index (χ3v) is 4.36. The quantitative estimate of drug-likeness (QED) is 0.839. The molecule has 4 nitrogen and oxygen atoms in total. The Morgan fingerprint density at radius 3 is 2.71 bits per heavy atom. The van der Waals surface area contributed by atoms with Crippen LogP contribution in [0.4, 0.5) is 0 Å². The van der Waals surface area contributed by atoms with Gasteiger partial charge in [-0.15, -0.1) is 0 Å². The Bertz CT molecular complexity index is 450. The van der Waals surface area contributed by atoms with Gasteiger partial charge in [-0.1, -0.05) is 13.0 Å². The fraction of sp³-hybridized carbons (Fsp3) is 0.647. The number of methoxy groups -OCH3 is 2. The van der Waals surface area contributed by atoms with Gasteiger partial charge in [-0.3, -0.25) is 4.90 Å². The van der Waals surface area contributed by atoms with Crippen LogP contribution in [0.15, 0.2) is 18.2 Å². The first kappa shape index (κ1) is 16.1. The van der Waals surface area contributed by atoms with Crippen LogP contribution in [0.25, 0.3) is 0 Å². The molecule has 0 saturated carbocycles. The number of nitrogens with two attached hydrogens (primary N) is 1. The monoisotopic (exact) mass is 292 g/mol.